The molecule has 1 aliphatic heterocycles. The Hall–Kier alpha value is -0.830. The van der Waals surface area contributed by atoms with Crippen LogP contribution in [-0.2, 0) is 0 Å². The summed E-state index contributed by atoms with van der Waals surface area (Å²) in [7, 11) is 0. The molecule has 1 atom stereocenters. The third kappa shape index (κ3) is 8.25. The normalized spacial score (nSPS) is 16.7. The summed E-state index contributed by atoms with van der Waals surface area (Å²) in [6.45, 7) is 5.81. The molecule has 0 amide bonds. The third-order valence-corrected chi connectivity index (χ3v) is 4.08. The van der Waals surface area contributed by atoms with Gasteiger partial charge in [-0.15, -0.1) is 0 Å². The predicted molar refractivity (Wildman–Crippen MR) is 91.7 cm³/mol. The zero-order valence-corrected chi connectivity index (χ0v) is 14.1. The van der Waals surface area contributed by atoms with Crippen LogP contribution in [0.25, 0.3) is 0 Å². The fourth-order valence-electron chi connectivity index (χ4n) is 2.77. The molecule has 0 saturated carbocycles. The van der Waals surface area contributed by atoms with E-state index in [9.17, 15) is 5.11 Å². The highest BCUT2D eigenvalue weighted by Crippen LogP contribution is 2.13. The molecule has 3 heteroatoms. The van der Waals surface area contributed by atoms with Crippen molar-refractivity contribution in [2.45, 2.75) is 84.3 Å². The SMILES string of the molecule is CCCC/C=C/CCCCCCCC1=NCCN1C(C)O. The van der Waals surface area contributed by atoms with E-state index in [0.29, 0.717) is 0 Å². The lowest BCUT2D eigenvalue weighted by atomic mass is 10.1. The number of unbranched alkanes of at least 4 members (excludes halogenated alkanes) is 7. The van der Waals surface area contributed by atoms with Gasteiger partial charge in [0, 0.05) is 13.0 Å². The Bertz CT molecular complexity index is 310. The molecule has 1 heterocycles. The molecule has 0 radical (unpaired) electrons. The molecule has 0 bridgehead atoms. The minimum absolute atomic E-state index is 0.384. The quantitative estimate of drug-likeness (QED) is 0.424. The van der Waals surface area contributed by atoms with Gasteiger partial charge >= 0.3 is 0 Å². The lowest BCUT2D eigenvalue weighted by molar-refractivity contribution is 0.0766. The first kappa shape index (κ1) is 18.2. The second kappa shape index (κ2) is 11.8. The summed E-state index contributed by atoms with van der Waals surface area (Å²) in [5.74, 6) is 1.11. The van der Waals surface area contributed by atoms with Crippen molar-refractivity contribution in [1.29, 1.82) is 0 Å². The maximum atomic E-state index is 9.64. The number of hydrogen-bond donors (Lipinski definition) is 1. The highest BCUT2D eigenvalue weighted by Gasteiger charge is 2.19. The van der Waals surface area contributed by atoms with Crippen LogP contribution in [0.3, 0.4) is 0 Å². The maximum Gasteiger partial charge on any atom is 0.125 e. The number of hydrogen-bond acceptors (Lipinski definition) is 3. The Morgan fingerprint density at radius 3 is 2.48 bits per heavy atom. The van der Waals surface area contributed by atoms with Crippen molar-refractivity contribution >= 4 is 5.84 Å². The predicted octanol–water partition coefficient (Wildman–Crippen LogP) is 4.52. The summed E-state index contributed by atoms with van der Waals surface area (Å²) in [4.78, 5) is 6.52. The zero-order chi connectivity index (χ0) is 15.3. The summed E-state index contributed by atoms with van der Waals surface area (Å²) in [5.41, 5.74) is 0. The molecule has 0 aromatic rings. The Balaban J connectivity index is 1.92. The Kier molecular flexibility index (Phi) is 10.2. The molecule has 0 aromatic heterocycles. The van der Waals surface area contributed by atoms with Gasteiger partial charge in [-0.1, -0.05) is 51.2 Å². The smallest absolute Gasteiger partial charge is 0.125 e. The zero-order valence-electron chi connectivity index (χ0n) is 14.1. The largest absolute Gasteiger partial charge is 0.374 e. The fourth-order valence-corrected chi connectivity index (χ4v) is 2.77. The number of aliphatic hydroxyl groups excluding tert-OH is 1. The monoisotopic (exact) mass is 294 g/mol. The average Bonchev–Trinajstić information content (AvgIpc) is 2.93. The Morgan fingerprint density at radius 1 is 1.10 bits per heavy atom. The summed E-state index contributed by atoms with van der Waals surface area (Å²) in [6.07, 6.45) is 16.9. The highest BCUT2D eigenvalue weighted by atomic mass is 16.3. The van der Waals surface area contributed by atoms with Crippen molar-refractivity contribution in [3.05, 3.63) is 12.2 Å². The van der Waals surface area contributed by atoms with Crippen LogP contribution in [0, 0.1) is 0 Å². The molecule has 0 spiro atoms. The molecule has 0 saturated heterocycles. The van der Waals surface area contributed by atoms with Crippen LogP contribution in [0.1, 0.15) is 78.1 Å². The maximum absolute atomic E-state index is 9.64. The van der Waals surface area contributed by atoms with Gasteiger partial charge in [0.15, 0.2) is 0 Å². The molecule has 1 unspecified atom stereocenters. The molecular weight excluding hydrogens is 260 g/mol. The number of amidine groups is 1. The Morgan fingerprint density at radius 2 is 1.76 bits per heavy atom. The topological polar surface area (TPSA) is 35.8 Å². The van der Waals surface area contributed by atoms with Gasteiger partial charge in [-0.05, 0) is 32.6 Å². The van der Waals surface area contributed by atoms with Crippen LogP contribution in [0.5, 0.6) is 0 Å². The van der Waals surface area contributed by atoms with Gasteiger partial charge in [0.2, 0.25) is 0 Å². The van der Waals surface area contributed by atoms with E-state index < -0.39 is 0 Å². The summed E-state index contributed by atoms with van der Waals surface area (Å²) in [5, 5.41) is 9.64. The fraction of sp³-hybridized carbons (Fsp3) is 0.833. The lowest BCUT2D eigenvalue weighted by Crippen LogP contribution is -2.35. The van der Waals surface area contributed by atoms with Crippen LogP contribution >= 0.6 is 0 Å². The van der Waals surface area contributed by atoms with Gasteiger partial charge in [-0.25, -0.2) is 0 Å². The van der Waals surface area contributed by atoms with E-state index in [-0.39, 0.29) is 6.23 Å². The first-order valence-electron chi connectivity index (χ1n) is 8.88. The first-order chi connectivity index (χ1) is 10.3. The highest BCUT2D eigenvalue weighted by molar-refractivity contribution is 5.83. The molecule has 1 rings (SSSR count). The number of aliphatic hydroxyl groups is 1. The van der Waals surface area contributed by atoms with Gasteiger partial charge in [-0.2, -0.15) is 0 Å². The van der Waals surface area contributed by atoms with Crippen molar-refractivity contribution in [2.24, 2.45) is 4.99 Å². The molecule has 1 N–H and O–H groups in total. The van der Waals surface area contributed by atoms with Gasteiger partial charge < -0.3 is 10.0 Å². The number of aliphatic imine (C=N–C) groups is 1. The molecule has 0 fully saturated rings. The number of allylic oxidation sites excluding steroid dienone is 2. The molecule has 0 aliphatic carbocycles. The van der Waals surface area contributed by atoms with Crippen molar-refractivity contribution in [3.63, 3.8) is 0 Å². The number of rotatable bonds is 12. The van der Waals surface area contributed by atoms with Crippen LogP contribution < -0.4 is 0 Å². The van der Waals surface area contributed by atoms with Crippen LogP contribution in [0.2, 0.25) is 0 Å². The molecule has 21 heavy (non-hydrogen) atoms. The molecule has 0 aromatic carbocycles. The van der Waals surface area contributed by atoms with E-state index in [4.69, 9.17) is 0 Å². The summed E-state index contributed by atoms with van der Waals surface area (Å²) >= 11 is 0. The van der Waals surface area contributed by atoms with E-state index in [1.807, 2.05) is 11.8 Å². The molecule has 3 nitrogen and oxygen atoms in total. The molecule has 1 aliphatic rings. The molecule has 122 valence electrons. The van der Waals surface area contributed by atoms with E-state index in [0.717, 1.165) is 25.3 Å². The van der Waals surface area contributed by atoms with Crippen molar-refractivity contribution < 1.29 is 5.11 Å². The van der Waals surface area contributed by atoms with E-state index in [2.05, 4.69) is 24.1 Å². The second-order valence-corrected chi connectivity index (χ2v) is 6.04. The van der Waals surface area contributed by atoms with Crippen LogP contribution in [0.15, 0.2) is 17.1 Å². The van der Waals surface area contributed by atoms with Gasteiger partial charge in [0.05, 0.1) is 6.54 Å². The third-order valence-electron chi connectivity index (χ3n) is 4.08. The van der Waals surface area contributed by atoms with Crippen molar-refractivity contribution in [2.75, 3.05) is 13.1 Å². The minimum Gasteiger partial charge on any atom is -0.374 e. The standard InChI is InChI=1S/C18H34N2O/c1-3-4-5-6-7-8-9-10-11-12-13-14-18-19-15-16-20(18)17(2)21/h6-7,17,21H,3-5,8-16H2,1-2H3/b7-6+. The summed E-state index contributed by atoms with van der Waals surface area (Å²) < 4.78 is 0. The van der Waals surface area contributed by atoms with E-state index in [1.54, 1.807) is 0 Å². The lowest BCUT2D eigenvalue weighted by Gasteiger charge is -2.23. The van der Waals surface area contributed by atoms with Gasteiger partial charge in [0.25, 0.3) is 0 Å². The average molecular weight is 294 g/mol. The van der Waals surface area contributed by atoms with E-state index in [1.165, 1.54) is 57.8 Å². The molecular formula is C18H34N2O. The minimum atomic E-state index is -0.384. The van der Waals surface area contributed by atoms with Crippen molar-refractivity contribution in [1.82, 2.24) is 4.90 Å². The summed E-state index contributed by atoms with van der Waals surface area (Å²) in [6, 6.07) is 0. The second-order valence-electron chi connectivity index (χ2n) is 6.04. The van der Waals surface area contributed by atoms with Gasteiger partial charge in [-0.3, -0.25) is 4.99 Å². The van der Waals surface area contributed by atoms with Crippen LogP contribution in [-0.4, -0.2) is 35.2 Å². The Labute approximate surface area is 131 Å². The van der Waals surface area contributed by atoms with Crippen molar-refractivity contribution in [3.8, 4) is 0 Å². The van der Waals surface area contributed by atoms with Crippen LogP contribution in [0.4, 0.5) is 0 Å². The first-order valence-corrected chi connectivity index (χ1v) is 8.88. The van der Waals surface area contributed by atoms with E-state index >= 15 is 0 Å². The van der Waals surface area contributed by atoms with Gasteiger partial charge in [0.1, 0.15) is 12.1 Å². The number of nitrogens with zero attached hydrogens (tertiary/aromatic N) is 2.